The second-order valence-corrected chi connectivity index (χ2v) is 8.54. The lowest BCUT2D eigenvalue weighted by Crippen LogP contribution is -2.46. The second-order valence-electron chi connectivity index (χ2n) is 8.54. The molecule has 2 atom stereocenters. The summed E-state index contributed by atoms with van der Waals surface area (Å²) in [6.45, 7) is 13.3. The minimum atomic E-state index is 0. The molecule has 2 aliphatic rings. The minimum absolute atomic E-state index is 0. The van der Waals surface area contributed by atoms with Gasteiger partial charge in [0.25, 0.3) is 0 Å². The normalized spacial score (nSPS) is 21.6. The van der Waals surface area contributed by atoms with E-state index in [1.165, 1.54) is 24.9 Å². The topological polar surface area (TPSA) is 58.1 Å². The molecule has 1 fully saturated rings. The third kappa shape index (κ3) is 6.64. The standard InChI is InChI=1S/C23H38N4O2.HI/c1-6-28-21-11-19-10-17(4)29-22(19)12-20(21)14-26-23(24-5)25-13-18-8-7-9-27(15-18)16(2)3;/h11-12,16-18H,6-10,13-15H2,1-5H3,(H2,24,25,26);1H. The van der Waals surface area contributed by atoms with Gasteiger partial charge in [-0.15, -0.1) is 24.0 Å². The van der Waals surface area contributed by atoms with Gasteiger partial charge in [0.1, 0.15) is 17.6 Å². The Bertz CT molecular complexity index is 711. The summed E-state index contributed by atoms with van der Waals surface area (Å²) in [6, 6.07) is 4.88. The number of benzene rings is 1. The fourth-order valence-electron chi connectivity index (χ4n) is 4.28. The Labute approximate surface area is 199 Å². The number of hydrogen-bond donors (Lipinski definition) is 2. The number of ether oxygens (including phenoxy) is 2. The van der Waals surface area contributed by atoms with E-state index in [0.29, 0.717) is 25.1 Å². The van der Waals surface area contributed by atoms with Crippen LogP contribution in [0.3, 0.4) is 0 Å². The van der Waals surface area contributed by atoms with Crippen LogP contribution in [-0.2, 0) is 13.0 Å². The summed E-state index contributed by atoms with van der Waals surface area (Å²) in [7, 11) is 1.83. The molecule has 0 aromatic heterocycles. The fraction of sp³-hybridized carbons (Fsp3) is 0.696. The summed E-state index contributed by atoms with van der Waals surface area (Å²) >= 11 is 0. The zero-order chi connectivity index (χ0) is 20.8. The predicted octanol–water partition coefficient (Wildman–Crippen LogP) is 3.81. The summed E-state index contributed by atoms with van der Waals surface area (Å²) in [6.07, 6.45) is 3.74. The smallest absolute Gasteiger partial charge is 0.191 e. The molecule has 2 heterocycles. The highest BCUT2D eigenvalue weighted by atomic mass is 127. The first kappa shape index (κ1) is 25.0. The van der Waals surface area contributed by atoms with Crippen LogP contribution in [-0.4, -0.2) is 56.3 Å². The molecule has 6 nitrogen and oxygen atoms in total. The van der Waals surface area contributed by atoms with Crippen LogP contribution in [0.25, 0.3) is 0 Å². The van der Waals surface area contributed by atoms with E-state index in [4.69, 9.17) is 9.47 Å². The Hall–Kier alpha value is -1.22. The van der Waals surface area contributed by atoms with E-state index in [-0.39, 0.29) is 30.1 Å². The summed E-state index contributed by atoms with van der Waals surface area (Å²) in [5.74, 6) is 3.42. The van der Waals surface area contributed by atoms with Crippen molar-refractivity contribution in [3.8, 4) is 11.5 Å². The molecule has 3 rings (SSSR count). The molecule has 170 valence electrons. The first-order chi connectivity index (χ1) is 14.0. The van der Waals surface area contributed by atoms with E-state index in [1.807, 2.05) is 14.0 Å². The molecule has 0 radical (unpaired) electrons. The summed E-state index contributed by atoms with van der Waals surface area (Å²) < 4.78 is 11.8. The Morgan fingerprint density at radius 2 is 2.13 bits per heavy atom. The Morgan fingerprint density at radius 3 is 2.83 bits per heavy atom. The monoisotopic (exact) mass is 530 g/mol. The van der Waals surface area contributed by atoms with E-state index in [2.05, 4.69) is 53.4 Å². The molecule has 0 bridgehead atoms. The molecule has 7 heteroatoms. The summed E-state index contributed by atoms with van der Waals surface area (Å²) in [5.41, 5.74) is 2.34. The van der Waals surface area contributed by atoms with Gasteiger partial charge in [-0.05, 0) is 65.1 Å². The lowest BCUT2D eigenvalue weighted by atomic mass is 9.97. The number of halogens is 1. The van der Waals surface area contributed by atoms with Crippen molar-refractivity contribution >= 4 is 29.9 Å². The summed E-state index contributed by atoms with van der Waals surface area (Å²) in [4.78, 5) is 6.99. The van der Waals surface area contributed by atoms with Crippen molar-refractivity contribution in [1.29, 1.82) is 0 Å². The number of guanidine groups is 1. The largest absolute Gasteiger partial charge is 0.494 e. The van der Waals surface area contributed by atoms with Crippen LogP contribution in [0, 0.1) is 5.92 Å². The number of likely N-dealkylation sites (tertiary alicyclic amines) is 1. The van der Waals surface area contributed by atoms with Crippen molar-refractivity contribution < 1.29 is 9.47 Å². The highest BCUT2D eigenvalue weighted by Crippen LogP contribution is 2.35. The quantitative estimate of drug-likeness (QED) is 0.319. The first-order valence-corrected chi connectivity index (χ1v) is 11.1. The maximum atomic E-state index is 5.94. The van der Waals surface area contributed by atoms with Crippen molar-refractivity contribution in [3.63, 3.8) is 0 Å². The molecule has 0 aliphatic carbocycles. The van der Waals surface area contributed by atoms with Gasteiger partial charge in [0.15, 0.2) is 5.96 Å². The van der Waals surface area contributed by atoms with Gasteiger partial charge in [-0.3, -0.25) is 4.99 Å². The van der Waals surface area contributed by atoms with Crippen LogP contribution in [0.1, 0.15) is 51.7 Å². The van der Waals surface area contributed by atoms with Crippen molar-refractivity contribution in [2.75, 3.05) is 33.3 Å². The molecule has 2 aliphatic heterocycles. The van der Waals surface area contributed by atoms with Gasteiger partial charge in [-0.1, -0.05) is 0 Å². The van der Waals surface area contributed by atoms with E-state index in [1.54, 1.807) is 0 Å². The maximum absolute atomic E-state index is 5.94. The molecule has 1 aromatic rings. The molecular weight excluding hydrogens is 491 g/mol. The lowest BCUT2D eigenvalue weighted by Gasteiger charge is -2.35. The van der Waals surface area contributed by atoms with Crippen molar-refractivity contribution in [1.82, 2.24) is 15.5 Å². The molecule has 30 heavy (non-hydrogen) atoms. The highest BCUT2D eigenvalue weighted by Gasteiger charge is 2.23. The minimum Gasteiger partial charge on any atom is -0.494 e. The summed E-state index contributed by atoms with van der Waals surface area (Å²) in [5, 5.41) is 6.97. The van der Waals surface area contributed by atoms with E-state index in [9.17, 15) is 0 Å². The van der Waals surface area contributed by atoms with Crippen LogP contribution in [0.4, 0.5) is 0 Å². The van der Waals surface area contributed by atoms with Gasteiger partial charge in [0.05, 0.1) is 6.61 Å². The molecule has 0 amide bonds. The predicted molar refractivity (Wildman–Crippen MR) is 134 cm³/mol. The number of fused-ring (bicyclic) bond motifs is 1. The van der Waals surface area contributed by atoms with Crippen LogP contribution in [0.5, 0.6) is 11.5 Å². The third-order valence-electron chi connectivity index (χ3n) is 5.89. The van der Waals surface area contributed by atoms with Gasteiger partial charge in [-0.25, -0.2) is 0 Å². The molecular formula is C23H39IN4O2. The molecule has 1 aromatic carbocycles. The highest BCUT2D eigenvalue weighted by molar-refractivity contribution is 14.0. The number of piperidine rings is 1. The Morgan fingerprint density at radius 1 is 1.33 bits per heavy atom. The van der Waals surface area contributed by atoms with Gasteiger partial charge in [-0.2, -0.15) is 0 Å². The fourth-order valence-corrected chi connectivity index (χ4v) is 4.28. The third-order valence-corrected chi connectivity index (χ3v) is 5.89. The maximum Gasteiger partial charge on any atom is 0.191 e. The van der Waals surface area contributed by atoms with Crippen LogP contribution in [0.2, 0.25) is 0 Å². The van der Waals surface area contributed by atoms with E-state index >= 15 is 0 Å². The Balaban J connectivity index is 0.00000320. The average molecular weight is 530 g/mol. The van der Waals surface area contributed by atoms with Crippen LogP contribution >= 0.6 is 24.0 Å². The van der Waals surface area contributed by atoms with E-state index in [0.717, 1.165) is 42.5 Å². The SMILES string of the molecule is CCOc1cc2c(cc1CNC(=NC)NCC1CCCN(C(C)C)C1)OC(C)C2.I. The van der Waals surface area contributed by atoms with Gasteiger partial charge < -0.3 is 25.0 Å². The van der Waals surface area contributed by atoms with Crippen LogP contribution in [0.15, 0.2) is 17.1 Å². The number of aliphatic imine (C=N–C) groups is 1. The molecule has 1 saturated heterocycles. The zero-order valence-corrected chi connectivity index (χ0v) is 21.5. The molecule has 0 saturated carbocycles. The van der Waals surface area contributed by atoms with Gasteiger partial charge >= 0.3 is 0 Å². The molecule has 0 spiro atoms. The average Bonchev–Trinajstić information content (AvgIpc) is 3.07. The Kier molecular flexibility index (Phi) is 10.0. The number of hydrogen-bond acceptors (Lipinski definition) is 4. The first-order valence-electron chi connectivity index (χ1n) is 11.1. The van der Waals surface area contributed by atoms with Gasteiger partial charge in [0, 0.05) is 50.3 Å². The number of nitrogens with one attached hydrogen (secondary N) is 2. The second kappa shape index (κ2) is 12.0. The number of rotatable bonds is 7. The van der Waals surface area contributed by atoms with Crippen LogP contribution < -0.4 is 20.1 Å². The van der Waals surface area contributed by atoms with Crippen molar-refractivity contribution in [3.05, 3.63) is 23.3 Å². The van der Waals surface area contributed by atoms with E-state index < -0.39 is 0 Å². The molecule has 2 N–H and O–H groups in total. The molecule has 2 unspecified atom stereocenters. The van der Waals surface area contributed by atoms with Crippen molar-refractivity contribution in [2.45, 2.75) is 65.6 Å². The zero-order valence-electron chi connectivity index (χ0n) is 19.2. The van der Waals surface area contributed by atoms with Crippen molar-refractivity contribution in [2.24, 2.45) is 10.9 Å². The van der Waals surface area contributed by atoms with Gasteiger partial charge in [0.2, 0.25) is 0 Å². The number of nitrogens with zero attached hydrogens (tertiary/aromatic N) is 2. The lowest BCUT2D eigenvalue weighted by molar-refractivity contribution is 0.141.